The smallest absolute Gasteiger partial charge is 0.310 e. The van der Waals surface area contributed by atoms with E-state index in [0.29, 0.717) is 17.9 Å². The van der Waals surface area contributed by atoms with Gasteiger partial charge in [0.1, 0.15) is 6.61 Å². The Hall–Kier alpha value is -3.41. The summed E-state index contributed by atoms with van der Waals surface area (Å²) in [7, 11) is 0. The molecule has 3 rings (SSSR count). The lowest BCUT2D eigenvalue weighted by Crippen LogP contribution is -2.09. The standard InChI is InChI=1S/C21H21N3O3/c1-16(25)22-19-9-7-17(8-10-19)13-21(26)27-15-20-11-12-24(23-20)14-18-5-3-2-4-6-18/h2-12H,13-15H2,1H3,(H,22,25). The van der Waals surface area contributed by atoms with Crippen LogP contribution in [0.1, 0.15) is 23.7 Å². The average molecular weight is 363 g/mol. The third-order valence-electron chi connectivity index (χ3n) is 3.89. The summed E-state index contributed by atoms with van der Waals surface area (Å²) in [6, 6.07) is 19.0. The summed E-state index contributed by atoms with van der Waals surface area (Å²) in [4.78, 5) is 23.0. The minimum absolute atomic E-state index is 0.131. The first-order chi connectivity index (χ1) is 13.1. The summed E-state index contributed by atoms with van der Waals surface area (Å²) in [5.41, 5.74) is 3.39. The van der Waals surface area contributed by atoms with E-state index in [-0.39, 0.29) is 24.9 Å². The van der Waals surface area contributed by atoms with Crippen molar-refractivity contribution in [1.29, 1.82) is 0 Å². The van der Waals surface area contributed by atoms with Crippen LogP contribution in [0, 0.1) is 0 Å². The molecule has 2 aromatic carbocycles. The molecule has 0 bridgehead atoms. The van der Waals surface area contributed by atoms with Crippen molar-refractivity contribution in [3.8, 4) is 0 Å². The van der Waals surface area contributed by atoms with Crippen molar-refractivity contribution in [2.75, 3.05) is 5.32 Å². The second-order valence-electron chi connectivity index (χ2n) is 6.21. The second-order valence-corrected chi connectivity index (χ2v) is 6.21. The van der Waals surface area contributed by atoms with Crippen LogP contribution in [-0.4, -0.2) is 21.7 Å². The van der Waals surface area contributed by atoms with Gasteiger partial charge in [0.05, 0.1) is 18.7 Å². The van der Waals surface area contributed by atoms with Gasteiger partial charge < -0.3 is 10.1 Å². The maximum Gasteiger partial charge on any atom is 0.310 e. The molecule has 0 fully saturated rings. The van der Waals surface area contributed by atoms with E-state index in [2.05, 4.69) is 10.4 Å². The predicted molar refractivity (Wildman–Crippen MR) is 102 cm³/mol. The monoisotopic (exact) mass is 363 g/mol. The van der Waals surface area contributed by atoms with Crippen molar-refractivity contribution in [1.82, 2.24) is 9.78 Å². The van der Waals surface area contributed by atoms with E-state index in [1.807, 2.05) is 47.3 Å². The van der Waals surface area contributed by atoms with Crippen LogP contribution in [0.15, 0.2) is 66.9 Å². The molecule has 0 atom stereocenters. The minimum atomic E-state index is -0.320. The SMILES string of the molecule is CC(=O)Nc1ccc(CC(=O)OCc2ccn(Cc3ccccc3)n2)cc1. The van der Waals surface area contributed by atoms with Crippen molar-refractivity contribution in [3.05, 3.63) is 83.7 Å². The van der Waals surface area contributed by atoms with Crippen LogP contribution >= 0.6 is 0 Å². The molecule has 0 spiro atoms. The van der Waals surface area contributed by atoms with E-state index in [1.54, 1.807) is 24.3 Å². The van der Waals surface area contributed by atoms with E-state index in [0.717, 1.165) is 11.1 Å². The van der Waals surface area contributed by atoms with Crippen LogP contribution in [0.25, 0.3) is 0 Å². The molecule has 6 nitrogen and oxygen atoms in total. The Labute approximate surface area is 157 Å². The number of nitrogens with one attached hydrogen (secondary N) is 1. The van der Waals surface area contributed by atoms with Crippen molar-refractivity contribution in [2.45, 2.75) is 26.5 Å². The van der Waals surface area contributed by atoms with Crippen LogP contribution < -0.4 is 5.32 Å². The topological polar surface area (TPSA) is 73.2 Å². The highest BCUT2D eigenvalue weighted by atomic mass is 16.5. The molecule has 0 saturated heterocycles. The largest absolute Gasteiger partial charge is 0.459 e. The maximum absolute atomic E-state index is 12.0. The summed E-state index contributed by atoms with van der Waals surface area (Å²) < 4.78 is 7.12. The quantitative estimate of drug-likeness (QED) is 0.655. The van der Waals surface area contributed by atoms with Gasteiger partial charge in [0.25, 0.3) is 0 Å². The van der Waals surface area contributed by atoms with Crippen molar-refractivity contribution in [2.24, 2.45) is 0 Å². The van der Waals surface area contributed by atoms with E-state index < -0.39 is 0 Å². The molecule has 27 heavy (non-hydrogen) atoms. The minimum Gasteiger partial charge on any atom is -0.459 e. The molecular weight excluding hydrogens is 342 g/mol. The summed E-state index contributed by atoms with van der Waals surface area (Å²) in [6.07, 6.45) is 2.04. The lowest BCUT2D eigenvalue weighted by molar-refractivity contribution is -0.144. The fraction of sp³-hybridized carbons (Fsp3) is 0.190. The van der Waals surface area contributed by atoms with Gasteiger partial charge in [-0.05, 0) is 29.3 Å². The molecule has 1 heterocycles. The Kier molecular flexibility index (Phi) is 5.99. The number of amides is 1. The van der Waals surface area contributed by atoms with Gasteiger partial charge >= 0.3 is 5.97 Å². The van der Waals surface area contributed by atoms with Gasteiger partial charge in [-0.3, -0.25) is 14.3 Å². The number of aromatic nitrogens is 2. The van der Waals surface area contributed by atoms with Crippen LogP contribution in [0.4, 0.5) is 5.69 Å². The summed E-state index contributed by atoms with van der Waals surface area (Å²) in [5, 5.41) is 7.11. The third-order valence-corrected chi connectivity index (χ3v) is 3.89. The first kappa shape index (κ1) is 18.4. The predicted octanol–water partition coefficient (Wildman–Crippen LogP) is 3.18. The highest BCUT2D eigenvalue weighted by Gasteiger charge is 2.08. The Morgan fingerprint density at radius 1 is 1.00 bits per heavy atom. The third kappa shape index (κ3) is 5.81. The number of anilines is 1. The number of carbonyl (C=O) groups is 2. The molecule has 1 aromatic heterocycles. The van der Waals surface area contributed by atoms with Crippen molar-refractivity contribution in [3.63, 3.8) is 0 Å². The number of nitrogens with zero attached hydrogens (tertiary/aromatic N) is 2. The molecule has 3 aromatic rings. The molecule has 0 aliphatic rings. The fourth-order valence-corrected chi connectivity index (χ4v) is 2.62. The zero-order chi connectivity index (χ0) is 19.1. The van der Waals surface area contributed by atoms with Crippen LogP contribution in [0.3, 0.4) is 0 Å². The molecular formula is C21H21N3O3. The zero-order valence-electron chi connectivity index (χ0n) is 15.1. The normalized spacial score (nSPS) is 10.4. The lowest BCUT2D eigenvalue weighted by Gasteiger charge is -2.05. The van der Waals surface area contributed by atoms with E-state index >= 15 is 0 Å². The molecule has 0 unspecified atom stereocenters. The molecule has 1 N–H and O–H groups in total. The summed E-state index contributed by atoms with van der Waals surface area (Å²) >= 11 is 0. The molecule has 6 heteroatoms. The number of esters is 1. The van der Waals surface area contributed by atoms with E-state index in [1.165, 1.54) is 6.92 Å². The highest BCUT2D eigenvalue weighted by Crippen LogP contribution is 2.11. The van der Waals surface area contributed by atoms with Gasteiger partial charge in [-0.25, -0.2) is 0 Å². The second kappa shape index (κ2) is 8.80. The van der Waals surface area contributed by atoms with Gasteiger partial charge in [0.2, 0.25) is 5.91 Å². The van der Waals surface area contributed by atoms with Gasteiger partial charge in [-0.1, -0.05) is 42.5 Å². The Morgan fingerprint density at radius 2 is 1.74 bits per heavy atom. The maximum atomic E-state index is 12.0. The van der Waals surface area contributed by atoms with Crippen molar-refractivity contribution >= 4 is 17.6 Å². The Balaban J connectivity index is 1.47. The first-order valence-electron chi connectivity index (χ1n) is 8.67. The van der Waals surface area contributed by atoms with Crippen LogP contribution in [-0.2, 0) is 33.9 Å². The number of benzene rings is 2. The molecule has 0 radical (unpaired) electrons. The summed E-state index contributed by atoms with van der Waals surface area (Å²) in [5.74, 6) is -0.450. The first-order valence-corrected chi connectivity index (χ1v) is 8.67. The number of hydrogen-bond donors (Lipinski definition) is 1. The fourth-order valence-electron chi connectivity index (χ4n) is 2.62. The van der Waals surface area contributed by atoms with Crippen LogP contribution in [0.2, 0.25) is 0 Å². The number of rotatable bonds is 7. The molecule has 1 amide bonds. The lowest BCUT2D eigenvalue weighted by atomic mass is 10.1. The van der Waals surface area contributed by atoms with Crippen LogP contribution in [0.5, 0.6) is 0 Å². The van der Waals surface area contributed by atoms with Gasteiger partial charge in [-0.2, -0.15) is 5.10 Å². The van der Waals surface area contributed by atoms with Gasteiger partial charge in [0.15, 0.2) is 0 Å². The highest BCUT2D eigenvalue weighted by molar-refractivity contribution is 5.88. The number of hydrogen-bond acceptors (Lipinski definition) is 4. The molecule has 138 valence electrons. The summed E-state index contributed by atoms with van der Waals surface area (Å²) in [6.45, 7) is 2.27. The van der Waals surface area contributed by atoms with Gasteiger partial charge in [0, 0.05) is 18.8 Å². The Bertz CT molecular complexity index is 902. The molecule has 0 aliphatic heterocycles. The van der Waals surface area contributed by atoms with Crippen molar-refractivity contribution < 1.29 is 14.3 Å². The molecule has 0 saturated carbocycles. The Morgan fingerprint density at radius 3 is 2.44 bits per heavy atom. The average Bonchev–Trinajstić information content (AvgIpc) is 3.09. The molecule has 0 aliphatic carbocycles. The zero-order valence-corrected chi connectivity index (χ0v) is 15.1. The van der Waals surface area contributed by atoms with Gasteiger partial charge in [-0.15, -0.1) is 0 Å². The van der Waals surface area contributed by atoms with E-state index in [4.69, 9.17) is 4.74 Å². The van der Waals surface area contributed by atoms with E-state index in [9.17, 15) is 9.59 Å². The number of carbonyl (C=O) groups excluding carboxylic acids is 2. The number of ether oxygens (including phenoxy) is 1.